The van der Waals surface area contributed by atoms with Gasteiger partial charge in [-0.3, -0.25) is 4.98 Å². The Morgan fingerprint density at radius 1 is 1.39 bits per heavy atom. The largest absolute Gasteiger partial charge is 0.461 e. The first-order valence-electron chi connectivity index (χ1n) is 5.46. The fraction of sp³-hybridized carbons (Fsp3) is 0.154. The average Bonchev–Trinajstić information content (AvgIpc) is 2.40. The molecule has 18 heavy (non-hydrogen) atoms. The first kappa shape index (κ1) is 12.5. The van der Waals surface area contributed by atoms with E-state index in [2.05, 4.69) is 9.97 Å². The SMILES string of the molecule is CCOC(=O)c1ccc(-c2cccnc2)c(Cl)n1. The van der Waals surface area contributed by atoms with Gasteiger partial charge in [-0.1, -0.05) is 17.7 Å². The average molecular weight is 263 g/mol. The highest BCUT2D eigenvalue weighted by Crippen LogP contribution is 2.25. The molecule has 0 N–H and O–H groups in total. The number of esters is 1. The molecule has 0 radical (unpaired) electrons. The van der Waals surface area contributed by atoms with Gasteiger partial charge in [-0.2, -0.15) is 0 Å². The molecule has 0 unspecified atom stereocenters. The quantitative estimate of drug-likeness (QED) is 0.630. The van der Waals surface area contributed by atoms with Crippen LogP contribution in [0, 0.1) is 0 Å². The maximum Gasteiger partial charge on any atom is 0.356 e. The second-order valence-corrected chi connectivity index (χ2v) is 3.86. The molecule has 5 heteroatoms. The van der Waals surface area contributed by atoms with Crippen LogP contribution in [0.3, 0.4) is 0 Å². The fourth-order valence-electron chi connectivity index (χ4n) is 1.49. The normalized spacial score (nSPS) is 10.1. The number of halogens is 1. The Bertz CT molecular complexity index is 558. The molecule has 0 atom stereocenters. The van der Waals surface area contributed by atoms with E-state index in [-0.39, 0.29) is 10.8 Å². The van der Waals surface area contributed by atoms with Crippen molar-refractivity contribution in [2.75, 3.05) is 6.61 Å². The Labute approximate surface area is 110 Å². The van der Waals surface area contributed by atoms with Crippen LogP contribution >= 0.6 is 11.6 Å². The van der Waals surface area contributed by atoms with Gasteiger partial charge in [-0.25, -0.2) is 9.78 Å². The van der Waals surface area contributed by atoms with E-state index >= 15 is 0 Å². The van der Waals surface area contributed by atoms with Crippen LogP contribution in [0.4, 0.5) is 0 Å². The number of ether oxygens (including phenoxy) is 1. The minimum Gasteiger partial charge on any atom is -0.461 e. The van der Waals surface area contributed by atoms with Crippen molar-refractivity contribution in [3.05, 3.63) is 47.5 Å². The van der Waals surface area contributed by atoms with Crippen molar-refractivity contribution in [1.29, 1.82) is 0 Å². The van der Waals surface area contributed by atoms with Gasteiger partial charge in [0, 0.05) is 23.5 Å². The van der Waals surface area contributed by atoms with E-state index in [1.54, 1.807) is 31.5 Å². The number of pyridine rings is 2. The Morgan fingerprint density at radius 3 is 2.83 bits per heavy atom. The summed E-state index contributed by atoms with van der Waals surface area (Å²) in [5, 5.41) is 0.258. The second-order valence-electron chi connectivity index (χ2n) is 3.50. The predicted molar refractivity (Wildman–Crippen MR) is 68.4 cm³/mol. The molecule has 0 aliphatic carbocycles. The van der Waals surface area contributed by atoms with Crippen molar-refractivity contribution in [2.24, 2.45) is 0 Å². The lowest BCUT2D eigenvalue weighted by atomic mass is 10.1. The van der Waals surface area contributed by atoms with Crippen molar-refractivity contribution < 1.29 is 9.53 Å². The van der Waals surface area contributed by atoms with Gasteiger partial charge in [0.25, 0.3) is 0 Å². The molecule has 2 aromatic rings. The summed E-state index contributed by atoms with van der Waals surface area (Å²) in [6.07, 6.45) is 3.37. The van der Waals surface area contributed by atoms with E-state index in [9.17, 15) is 4.79 Å². The number of aromatic nitrogens is 2. The van der Waals surface area contributed by atoms with Gasteiger partial charge in [-0.15, -0.1) is 0 Å². The van der Waals surface area contributed by atoms with Crippen molar-refractivity contribution >= 4 is 17.6 Å². The molecule has 2 heterocycles. The van der Waals surface area contributed by atoms with Gasteiger partial charge in [0.1, 0.15) is 10.8 Å². The summed E-state index contributed by atoms with van der Waals surface area (Å²) >= 11 is 6.06. The van der Waals surface area contributed by atoms with Gasteiger partial charge in [0.05, 0.1) is 6.61 Å². The number of nitrogens with zero attached hydrogens (tertiary/aromatic N) is 2. The molecule has 0 saturated carbocycles. The standard InChI is InChI=1S/C13H11ClN2O2/c1-2-18-13(17)11-6-5-10(12(14)16-11)9-4-3-7-15-8-9/h3-8H,2H2,1H3. The lowest BCUT2D eigenvalue weighted by Crippen LogP contribution is -2.07. The molecule has 0 aliphatic heterocycles. The molecule has 2 rings (SSSR count). The van der Waals surface area contributed by atoms with E-state index in [1.165, 1.54) is 0 Å². The lowest BCUT2D eigenvalue weighted by molar-refractivity contribution is 0.0519. The van der Waals surface area contributed by atoms with Crippen LogP contribution in [-0.4, -0.2) is 22.5 Å². The zero-order valence-electron chi connectivity index (χ0n) is 9.76. The minimum absolute atomic E-state index is 0.203. The number of carbonyl (C=O) groups excluding carboxylic acids is 1. The summed E-state index contributed by atoms with van der Waals surface area (Å²) in [6.45, 7) is 2.05. The van der Waals surface area contributed by atoms with Crippen LogP contribution in [0.25, 0.3) is 11.1 Å². The van der Waals surface area contributed by atoms with Crippen molar-refractivity contribution in [1.82, 2.24) is 9.97 Å². The maximum atomic E-state index is 11.5. The molecule has 92 valence electrons. The third-order valence-corrected chi connectivity index (χ3v) is 2.59. The number of carbonyl (C=O) groups is 1. The van der Waals surface area contributed by atoms with E-state index < -0.39 is 5.97 Å². The smallest absolute Gasteiger partial charge is 0.356 e. The summed E-state index contributed by atoms with van der Waals surface area (Å²) in [4.78, 5) is 19.5. The fourth-order valence-corrected chi connectivity index (χ4v) is 1.75. The molecule has 4 nitrogen and oxygen atoms in total. The van der Waals surface area contributed by atoms with Crippen molar-refractivity contribution in [2.45, 2.75) is 6.92 Å². The van der Waals surface area contributed by atoms with Gasteiger partial charge >= 0.3 is 5.97 Å². The third-order valence-electron chi connectivity index (χ3n) is 2.31. The Kier molecular flexibility index (Phi) is 3.89. The molecular formula is C13H11ClN2O2. The highest BCUT2D eigenvalue weighted by Gasteiger charge is 2.12. The van der Waals surface area contributed by atoms with Gasteiger partial charge < -0.3 is 4.74 Å². The summed E-state index contributed by atoms with van der Waals surface area (Å²) in [6, 6.07) is 7.01. The Hall–Kier alpha value is -1.94. The number of rotatable bonds is 3. The van der Waals surface area contributed by atoms with E-state index in [4.69, 9.17) is 16.3 Å². The van der Waals surface area contributed by atoms with Crippen LogP contribution in [-0.2, 0) is 4.74 Å². The molecular weight excluding hydrogens is 252 g/mol. The summed E-state index contributed by atoms with van der Waals surface area (Å²) in [7, 11) is 0. The van der Waals surface area contributed by atoms with Gasteiger partial charge in [0.2, 0.25) is 0 Å². The topological polar surface area (TPSA) is 52.1 Å². The maximum absolute atomic E-state index is 11.5. The molecule has 0 aromatic carbocycles. The molecule has 0 fully saturated rings. The van der Waals surface area contributed by atoms with Gasteiger partial charge in [0.15, 0.2) is 0 Å². The van der Waals surface area contributed by atoms with Crippen LogP contribution in [0.1, 0.15) is 17.4 Å². The molecule has 0 bridgehead atoms. The highest BCUT2D eigenvalue weighted by atomic mass is 35.5. The van der Waals surface area contributed by atoms with Crippen LogP contribution < -0.4 is 0 Å². The summed E-state index contributed by atoms with van der Waals surface area (Å²) < 4.78 is 4.86. The van der Waals surface area contributed by atoms with E-state index in [0.29, 0.717) is 6.61 Å². The summed E-state index contributed by atoms with van der Waals surface area (Å²) in [5.41, 5.74) is 1.79. The third kappa shape index (κ3) is 2.65. The van der Waals surface area contributed by atoms with Crippen LogP contribution in [0.2, 0.25) is 5.15 Å². The Morgan fingerprint density at radius 2 is 2.22 bits per heavy atom. The lowest BCUT2D eigenvalue weighted by Gasteiger charge is -2.05. The van der Waals surface area contributed by atoms with Gasteiger partial charge in [-0.05, 0) is 25.1 Å². The first-order chi connectivity index (χ1) is 8.72. The van der Waals surface area contributed by atoms with Crippen LogP contribution in [0.5, 0.6) is 0 Å². The number of hydrogen-bond donors (Lipinski definition) is 0. The van der Waals surface area contributed by atoms with E-state index in [0.717, 1.165) is 11.1 Å². The Balaban J connectivity index is 2.34. The molecule has 0 saturated heterocycles. The monoisotopic (exact) mass is 262 g/mol. The second kappa shape index (κ2) is 5.60. The molecule has 2 aromatic heterocycles. The zero-order chi connectivity index (χ0) is 13.0. The molecule has 0 spiro atoms. The molecule has 0 amide bonds. The first-order valence-corrected chi connectivity index (χ1v) is 5.84. The minimum atomic E-state index is -0.475. The predicted octanol–water partition coefficient (Wildman–Crippen LogP) is 2.97. The van der Waals surface area contributed by atoms with E-state index in [1.807, 2.05) is 12.1 Å². The zero-order valence-corrected chi connectivity index (χ0v) is 10.5. The van der Waals surface area contributed by atoms with Crippen molar-refractivity contribution in [3.8, 4) is 11.1 Å². The number of hydrogen-bond acceptors (Lipinski definition) is 4. The highest BCUT2D eigenvalue weighted by molar-refractivity contribution is 6.32. The molecule has 0 aliphatic rings. The van der Waals surface area contributed by atoms with Crippen LogP contribution in [0.15, 0.2) is 36.7 Å². The summed E-state index contributed by atoms with van der Waals surface area (Å²) in [5.74, 6) is -0.475. The van der Waals surface area contributed by atoms with Crippen molar-refractivity contribution in [3.63, 3.8) is 0 Å².